The van der Waals surface area contributed by atoms with Crippen LogP contribution in [0.4, 0.5) is 0 Å². The van der Waals surface area contributed by atoms with Crippen LogP contribution in [0.3, 0.4) is 0 Å². The SMILES string of the molecule is COc1cccc(CSc2nnc(CNC(=O)c3ccc4ccccc4c3)n2-c2ccc(C)cc2)c1. The Kier molecular flexibility index (Phi) is 7.00. The Labute approximate surface area is 214 Å². The third-order valence-corrected chi connectivity index (χ3v) is 6.91. The van der Waals surface area contributed by atoms with Crippen molar-refractivity contribution >= 4 is 28.4 Å². The summed E-state index contributed by atoms with van der Waals surface area (Å²) in [6.45, 7) is 2.31. The molecule has 5 rings (SSSR count). The first-order valence-corrected chi connectivity index (χ1v) is 12.6. The molecule has 0 unspecified atom stereocenters. The molecule has 1 aromatic heterocycles. The van der Waals surface area contributed by atoms with E-state index in [1.165, 1.54) is 5.56 Å². The van der Waals surface area contributed by atoms with Crippen molar-refractivity contribution in [2.75, 3.05) is 7.11 Å². The van der Waals surface area contributed by atoms with E-state index in [1.807, 2.05) is 77.4 Å². The van der Waals surface area contributed by atoms with E-state index >= 15 is 0 Å². The number of thioether (sulfide) groups is 1. The minimum absolute atomic E-state index is 0.148. The Balaban J connectivity index is 1.37. The molecule has 0 saturated heterocycles. The monoisotopic (exact) mass is 494 g/mol. The molecular formula is C29H26N4O2S. The number of methoxy groups -OCH3 is 1. The summed E-state index contributed by atoms with van der Waals surface area (Å²) in [7, 11) is 1.67. The maximum Gasteiger partial charge on any atom is 0.251 e. The van der Waals surface area contributed by atoms with Crippen molar-refractivity contribution in [1.82, 2.24) is 20.1 Å². The molecule has 7 heteroatoms. The molecule has 1 amide bonds. The highest BCUT2D eigenvalue weighted by Crippen LogP contribution is 2.27. The molecule has 1 heterocycles. The normalized spacial score (nSPS) is 10.9. The van der Waals surface area contributed by atoms with E-state index in [0.29, 0.717) is 17.1 Å². The van der Waals surface area contributed by atoms with E-state index in [2.05, 4.69) is 40.6 Å². The molecule has 1 N–H and O–H groups in total. The summed E-state index contributed by atoms with van der Waals surface area (Å²) >= 11 is 1.59. The van der Waals surface area contributed by atoms with Gasteiger partial charge < -0.3 is 10.1 Å². The third-order valence-electron chi connectivity index (χ3n) is 5.91. The highest BCUT2D eigenvalue weighted by molar-refractivity contribution is 7.98. The van der Waals surface area contributed by atoms with Crippen LogP contribution in [0, 0.1) is 6.92 Å². The van der Waals surface area contributed by atoms with Crippen molar-refractivity contribution in [3.63, 3.8) is 0 Å². The maximum atomic E-state index is 12.9. The molecule has 0 aliphatic rings. The van der Waals surface area contributed by atoms with Crippen LogP contribution < -0.4 is 10.1 Å². The fraction of sp³-hybridized carbons (Fsp3) is 0.138. The van der Waals surface area contributed by atoms with Crippen LogP contribution in [-0.2, 0) is 12.3 Å². The highest BCUT2D eigenvalue weighted by Gasteiger charge is 2.16. The van der Waals surface area contributed by atoms with Gasteiger partial charge in [-0.15, -0.1) is 10.2 Å². The van der Waals surface area contributed by atoms with Gasteiger partial charge in [-0.3, -0.25) is 9.36 Å². The van der Waals surface area contributed by atoms with E-state index in [9.17, 15) is 4.79 Å². The number of nitrogens with one attached hydrogen (secondary N) is 1. The standard InChI is InChI=1S/C29H26N4O2S/c1-20-10-14-25(15-11-20)33-27(31-32-29(33)36-19-21-6-5-9-26(16-21)35-2)18-30-28(34)24-13-12-22-7-3-4-8-23(22)17-24/h3-17H,18-19H2,1-2H3,(H,30,34). The van der Waals surface area contributed by atoms with Gasteiger partial charge in [-0.25, -0.2) is 0 Å². The van der Waals surface area contributed by atoms with Crippen LogP contribution in [0.15, 0.2) is 96.2 Å². The topological polar surface area (TPSA) is 69.0 Å². The van der Waals surface area contributed by atoms with Crippen molar-refractivity contribution in [2.45, 2.75) is 24.4 Å². The van der Waals surface area contributed by atoms with E-state index in [4.69, 9.17) is 4.74 Å². The Morgan fingerprint density at radius 2 is 1.72 bits per heavy atom. The lowest BCUT2D eigenvalue weighted by atomic mass is 10.1. The minimum atomic E-state index is -0.148. The summed E-state index contributed by atoms with van der Waals surface area (Å²) in [6, 6.07) is 29.9. The lowest BCUT2D eigenvalue weighted by Gasteiger charge is -2.12. The summed E-state index contributed by atoms with van der Waals surface area (Å²) < 4.78 is 7.35. The van der Waals surface area contributed by atoms with Crippen LogP contribution in [0.25, 0.3) is 16.5 Å². The Morgan fingerprint density at radius 1 is 0.917 bits per heavy atom. The molecule has 180 valence electrons. The van der Waals surface area contributed by atoms with Gasteiger partial charge in [-0.05, 0) is 59.7 Å². The van der Waals surface area contributed by atoms with Gasteiger partial charge in [0.2, 0.25) is 0 Å². The molecule has 0 spiro atoms. The van der Waals surface area contributed by atoms with Gasteiger partial charge in [0.1, 0.15) is 5.75 Å². The van der Waals surface area contributed by atoms with Crippen molar-refractivity contribution in [2.24, 2.45) is 0 Å². The highest BCUT2D eigenvalue weighted by atomic mass is 32.2. The van der Waals surface area contributed by atoms with Gasteiger partial charge in [0.05, 0.1) is 13.7 Å². The number of hydrogen-bond donors (Lipinski definition) is 1. The number of aryl methyl sites for hydroxylation is 1. The van der Waals surface area contributed by atoms with Crippen LogP contribution >= 0.6 is 11.8 Å². The number of amides is 1. The van der Waals surface area contributed by atoms with Gasteiger partial charge in [0.15, 0.2) is 11.0 Å². The zero-order valence-electron chi connectivity index (χ0n) is 20.1. The van der Waals surface area contributed by atoms with Gasteiger partial charge in [0.25, 0.3) is 5.91 Å². The van der Waals surface area contributed by atoms with Crippen molar-refractivity contribution in [3.8, 4) is 11.4 Å². The van der Waals surface area contributed by atoms with Gasteiger partial charge in [-0.2, -0.15) is 0 Å². The summed E-state index contributed by atoms with van der Waals surface area (Å²) in [4.78, 5) is 12.9. The zero-order valence-corrected chi connectivity index (χ0v) is 21.0. The van der Waals surface area contributed by atoms with Gasteiger partial charge >= 0.3 is 0 Å². The quantitative estimate of drug-likeness (QED) is 0.270. The van der Waals surface area contributed by atoms with Crippen LogP contribution in [-0.4, -0.2) is 27.8 Å². The fourth-order valence-corrected chi connectivity index (χ4v) is 4.88. The number of ether oxygens (including phenoxy) is 1. The molecule has 0 saturated carbocycles. The number of hydrogen-bond acceptors (Lipinski definition) is 5. The van der Waals surface area contributed by atoms with Crippen molar-refractivity contribution < 1.29 is 9.53 Å². The van der Waals surface area contributed by atoms with E-state index < -0.39 is 0 Å². The number of carbonyl (C=O) groups is 1. The van der Waals surface area contributed by atoms with Crippen LogP contribution in [0.1, 0.15) is 27.3 Å². The third kappa shape index (κ3) is 5.26. The van der Waals surface area contributed by atoms with Gasteiger partial charge in [-0.1, -0.05) is 71.9 Å². The number of carbonyl (C=O) groups excluding carboxylic acids is 1. The lowest BCUT2D eigenvalue weighted by Crippen LogP contribution is -2.24. The number of nitrogens with zero attached hydrogens (tertiary/aromatic N) is 3. The molecule has 36 heavy (non-hydrogen) atoms. The summed E-state index contributed by atoms with van der Waals surface area (Å²) in [5.41, 5.74) is 3.86. The van der Waals surface area contributed by atoms with Crippen LogP contribution in [0.5, 0.6) is 5.75 Å². The predicted molar refractivity (Wildman–Crippen MR) is 144 cm³/mol. The largest absolute Gasteiger partial charge is 0.497 e. The molecule has 0 fully saturated rings. The Bertz CT molecular complexity index is 1510. The number of rotatable bonds is 8. The average molecular weight is 495 g/mol. The van der Waals surface area contributed by atoms with E-state index in [-0.39, 0.29) is 12.5 Å². The van der Waals surface area contributed by atoms with Gasteiger partial charge in [0, 0.05) is 17.0 Å². The first kappa shape index (κ1) is 23.6. The Hall–Kier alpha value is -4.10. The molecule has 0 bridgehead atoms. The molecule has 0 atom stereocenters. The van der Waals surface area contributed by atoms with Crippen molar-refractivity contribution in [1.29, 1.82) is 0 Å². The number of aromatic nitrogens is 3. The van der Waals surface area contributed by atoms with E-state index in [0.717, 1.165) is 32.9 Å². The molecule has 0 aliphatic heterocycles. The molecular weight excluding hydrogens is 468 g/mol. The fourth-order valence-electron chi connectivity index (χ4n) is 3.96. The average Bonchev–Trinajstić information content (AvgIpc) is 3.33. The minimum Gasteiger partial charge on any atom is -0.497 e. The summed E-state index contributed by atoms with van der Waals surface area (Å²) in [5, 5.41) is 14.8. The van der Waals surface area contributed by atoms with Crippen LogP contribution in [0.2, 0.25) is 0 Å². The lowest BCUT2D eigenvalue weighted by molar-refractivity contribution is 0.0950. The molecule has 0 aliphatic carbocycles. The second-order valence-corrected chi connectivity index (χ2v) is 9.40. The molecule has 0 radical (unpaired) electrons. The number of fused-ring (bicyclic) bond motifs is 1. The Morgan fingerprint density at radius 3 is 2.53 bits per heavy atom. The number of benzene rings is 4. The van der Waals surface area contributed by atoms with E-state index in [1.54, 1.807) is 18.9 Å². The summed E-state index contributed by atoms with van der Waals surface area (Å²) in [5.74, 6) is 2.06. The summed E-state index contributed by atoms with van der Waals surface area (Å²) in [6.07, 6.45) is 0. The van der Waals surface area contributed by atoms with Crippen molar-refractivity contribution in [3.05, 3.63) is 114 Å². The smallest absolute Gasteiger partial charge is 0.251 e. The maximum absolute atomic E-state index is 12.9. The molecule has 5 aromatic rings. The second-order valence-electron chi connectivity index (χ2n) is 8.45. The predicted octanol–water partition coefficient (Wildman–Crippen LogP) is 5.96. The molecule has 6 nitrogen and oxygen atoms in total. The second kappa shape index (κ2) is 10.7. The first-order chi connectivity index (χ1) is 17.6. The molecule has 4 aromatic carbocycles. The first-order valence-electron chi connectivity index (χ1n) is 11.6. The zero-order chi connectivity index (χ0) is 24.9.